The number of hydrogen-bond donors (Lipinski definition) is 1. The molecular weight excluding hydrogens is 310 g/mol. The standard InChI is InChI=1S/C14H22BrNOS/c1-13(2,3)10-5-4-7-14(17,8-6-10)12-16-11(15)9-18-12/h9-10,17H,4-8H2,1-3H3. The van der Waals surface area contributed by atoms with Gasteiger partial charge in [0.2, 0.25) is 0 Å². The highest BCUT2D eigenvalue weighted by Gasteiger charge is 2.37. The Morgan fingerprint density at radius 3 is 2.67 bits per heavy atom. The fourth-order valence-corrected chi connectivity index (χ4v) is 4.28. The van der Waals surface area contributed by atoms with E-state index in [0.717, 1.165) is 35.3 Å². The summed E-state index contributed by atoms with van der Waals surface area (Å²) < 4.78 is 0.840. The fraction of sp³-hybridized carbons (Fsp3) is 0.786. The molecule has 0 radical (unpaired) electrons. The third-order valence-electron chi connectivity index (χ3n) is 4.15. The van der Waals surface area contributed by atoms with E-state index in [0.29, 0.717) is 11.3 Å². The lowest BCUT2D eigenvalue weighted by atomic mass is 9.76. The Balaban J connectivity index is 2.13. The third-order valence-corrected chi connectivity index (χ3v) is 5.89. The molecule has 0 aliphatic heterocycles. The van der Waals surface area contributed by atoms with Gasteiger partial charge in [-0.1, -0.05) is 20.8 Å². The first-order valence-corrected chi connectivity index (χ1v) is 8.32. The summed E-state index contributed by atoms with van der Waals surface area (Å²) in [5, 5.41) is 13.7. The van der Waals surface area contributed by atoms with Gasteiger partial charge in [0.25, 0.3) is 0 Å². The minimum absolute atomic E-state index is 0.342. The van der Waals surface area contributed by atoms with Crippen molar-refractivity contribution in [2.24, 2.45) is 11.3 Å². The monoisotopic (exact) mass is 331 g/mol. The average Bonchev–Trinajstić information content (AvgIpc) is 2.58. The van der Waals surface area contributed by atoms with Crippen molar-refractivity contribution in [1.29, 1.82) is 0 Å². The predicted octanol–water partition coefficient (Wildman–Crippen LogP) is 4.72. The molecule has 0 spiro atoms. The van der Waals surface area contributed by atoms with E-state index >= 15 is 0 Å². The summed E-state index contributed by atoms with van der Waals surface area (Å²) in [4.78, 5) is 4.42. The van der Waals surface area contributed by atoms with Gasteiger partial charge in [-0.3, -0.25) is 0 Å². The second-order valence-corrected chi connectivity index (χ2v) is 8.17. The van der Waals surface area contributed by atoms with Crippen molar-refractivity contribution >= 4 is 27.3 Å². The number of thiazole rings is 1. The molecule has 1 aromatic rings. The van der Waals surface area contributed by atoms with Gasteiger partial charge in [-0.05, 0) is 59.4 Å². The minimum Gasteiger partial charge on any atom is -0.383 e. The summed E-state index contributed by atoms with van der Waals surface area (Å²) in [6, 6.07) is 0. The van der Waals surface area contributed by atoms with E-state index < -0.39 is 5.60 Å². The van der Waals surface area contributed by atoms with Crippen LogP contribution in [0.2, 0.25) is 0 Å². The summed E-state index contributed by atoms with van der Waals surface area (Å²) >= 11 is 4.94. The van der Waals surface area contributed by atoms with E-state index in [1.54, 1.807) is 11.3 Å². The second-order valence-electron chi connectivity index (χ2n) is 6.50. The lowest BCUT2D eigenvalue weighted by Gasteiger charge is -2.30. The van der Waals surface area contributed by atoms with Gasteiger partial charge in [0, 0.05) is 5.38 Å². The molecule has 1 N–H and O–H groups in total. The van der Waals surface area contributed by atoms with E-state index in [4.69, 9.17) is 0 Å². The Morgan fingerprint density at radius 2 is 2.11 bits per heavy atom. The molecule has 1 heterocycles. The summed E-state index contributed by atoms with van der Waals surface area (Å²) in [5.74, 6) is 0.704. The van der Waals surface area contributed by atoms with E-state index in [-0.39, 0.29) is 0 Å². The summed E-state index contributed by atoms with van der Waals surface area (Å²) in [6.07, 6.45) is 5.10. The van der Waals surface area contributed by atoms with Gasteiger partial charge in [-0.2, -0.15) is 0 Å². The summed E-state index contributed by atoms with van der Waals surface area (Å²) in [6.45, 7) is 6.92. The van der Waals surface area contributed by atoms with Gasteiger partial charge in [0.15, 0.2) is 0 Å². The lowest BCUT2D eigenvalue weighted by Crippen LogP contribution is -2.25. The Hall–Kier alpha value is 0.0700. The molecule has 0 bridgehead atoms. The number of rotatable bonds is 1. The Kier molecular flexibility index (Phi) is 4.20. The van der Waals surface area contributed by atoms with Crippen LogP contribution in [0.25, 0.3) is 0 Å². The number of hydrogen-bond acceptors (Lipinski definition) is 3. The van der Waals surface area contributed by atoms with Crippen molar-refractivity contribution in [2.75, 3.05) is 0 Å². The molecule has 1 aliphatic carbocycles. The number of aromatic nitrogens is 1. The lowest BCUT2D eigenvalue weighted by molar-refractivity contribution is 0.0176. The quantitative estimate of drug-likeness (QED) is 0.755. The van der Waals surface area contributed by atoms with E-state index in [1.165, 1.54) is 6.42 Å². The zero-order chi connectivity index (χ0) is 13.4. The molecule has 102 valence electrons. The molecule has 1 aromatic heterocycles. The molecule has 18 heavy (non-hydrogen) atoms. The maximum Gasteiger partial charge on any atom is 0.126 e. The van der Waals surface area contributed by atoms with Crippen LogP contribution in [0.3, 0.4) is 0 Å². The highest BCUT2D eigenvalue weighted by molar-refractivity contribution is 9.10. The second kappa shape index (κ2) is 5.22. The first kappa shape index (κ1) is 14.5. The van der Waals surface area contributed by atoms with Gasteiger partial charge in [-0.15, -0.1) is 11.3 Å². The number of nitrogens with zero attached hydrogens (tertiary/aromatic N) is 1. The first-order chi connectivity index (χ1) is 8.31. The Labute approximate surface area is 122 Å². The molecule has 0 saturated heterocycles. The molecule has 1 fully saturated rings. The van der Waals surface area contributed by atoms with Gasteiger partial charge < -0.3 is 5.11 Å². The van der Waals surface area contributed by atoms with Crippen LogP contribution >= 0.6 is 27.3 Å². The number of aliphatic hydroxyl groups is 1. The maximum atomic E-state index is 10.8. The summed E-state index contributed by atoms with van der Waals surface area (Å²) in [5.41, 5.74) is -0.356. The molecule has 4 heteroatoms. The molecule has 1 aliphatic rings. The Bertz CT molecular complexity index is 412. The van der Waals surface area contributed by atoms with Crippen molar-refractivity contribution < 1.29 is 5.11 Å². The van der Waals surface area contributed by atoms with Crippen molar-refractivity contribution in [3.8, 4) is 0 Å². The molecule has 2 rings (SSSR count). The van der Waals surface area contributed by atoms with Crippen LogP contribution in [-0.2, 0) is 5.60 Å². The topological polar surface area (TPSA) is 33.1 Å². The van der Waals surface area contributed by atoms with Crippen LogP contribution in [0.4, 0.5) is 0 Å². The molecular formula is C14H22BrNOS. The van der Waals surface area contributed by atoms with Gasteiger partial charge >= 0.3 is 0 Å². The summed E-state index contributed by atoms with van der Waals surface area (Å²) in [7, 11) is 0. The van der Waals surface area contributed by atoms with E-state index in [2.05, 4.69) is 41.7 Å². The molecule has 1 saturated carbocycles. The maximum absolute atomic E-state index is 10.8. The smallest absolute Gasteiger partial charge is 0.126 e. The third kappa shape index (κ3) is 3.14. The van der Waals surface area contributed by atoms with E-state index in [1.807, 2.05) is 5.38 Å². The van der Waals surface area contributed by atoms with Crippen molar-refractivity contribution in [3.63, 3.8) is 0 Å². The average molecular weight is 332 g/mol. The largest absolute Gasteiger partial charge is 0.383 e. The van der Waals surface area contributed by atoms with Gasteiger partial charge in [0.05, 0.1) is 0 Å². The number of halogens is 1. The molecule has 2 nitrogen and oxygen atoms in total. The molecule has 0 amide bonds. The highest BCUT2D eigenvalue weighted by Crippen LogP contribution is 2.44. The first-order valence-electron chi connectivity index (χ1n) is 6.65. The molecule has 2 unspecified atom stereocenters. The van der Waals surface area contributed by atoms with Crippen molar-refractivity contribution in [2.45, 2.75) is 58.5 Å². The van der Waals surface area contributed by atoms with Crippen LogP contribution in [0.5, 0.6) is 0 Å². The SMILES string of the molecule is CC(C)(C)C1CCCC(O)(c2nc(Br)cs2)CC1. The minimum atomic E-state index is -0.698. The fourth-order valence-electron chi connectivity index (χ4n) is 2.87. The van der Waals surface area contributed by atoms with Crippen LogP contribution in [-0.4, -0.2) is 10.1 Å². The van der Waals surface area contributed by atoms with Crippen molar-refractivity contribution in [3.05, 3.63) is 15.0 Å². The normalized spacial score (nSPS) is 30.2. The molecule has 2 atom stereocenters. The predicted molar refractivity (Wildman–Crippen MR) is 79.7 cm³/mol. The zero-order valence-corrected chi connectivity index (χ0v) is 13.8. The highest BCUT2D eigenvalue weighted by atomic mass is 79.9. The molecule has 0 aromatic carbocycles. The van der Waals surface area contributed by atoms with E-state index in [9.17, 15) is 5.11 Å². The van der Waals surface area contributed by atoms with Crippen LogP contribution < -0.4 is 0 Å². The zero-order valence-electron chi connectivity index (χ0n) is 11.4. The Morgan fingerprint density at radius 1 is 1.39 bits per heavy atom. The van der Waals surface area contributed by atoms with Crippen molar-refractivity contribution in [1.82, 2.24) is 4.98 Å². The van der Waals surface area contributed by atoms with Crippen LogP contribution in [0, 0.1) is 11.3 Å². The van der Waals surface area contributed by atoms with Crippen LogP contribution in [0.15, 0.2) is 9.98 Å². The van der Waals surface area contributed by atoms with Gasteiger partial charge in [-0.25, -0.2) is 4.98 Å². The van der Waals surface area contributed by atoms with Crippen LogP contribution in [0.1, 0.15) is 57.9 Å². The van der Waals surface area contributed by atoms with Gasteiger partial charge in [0.1, 0.15) is 15.2 Å².